The normalized spacial score (nSPS) is 19.5. The number of aliphatic hydroxyl groups is 1. The van der Waals surface area contributed by atoms with Crippen LogP contribution < -0.4 is 4.74 Å². The highest BCUT2D eigenvalue weighted by Gasteiger charge is 2.47. The maximum absolute atomic E-state index is 11.5. The Morgan fingerprint density at radius 2 is 1.58 bits per heavy atom. The summed E-state index contributed by atoms with van der Waals surface area (Å²) in [6.07, 6.45) is 2.30. The molecule has 1 aromatic heterocycles. The summed E-state index contributed by atoms with van der Waals surface area (Å²) in [5.74, 6) is 0.409. The van der Waals surface area contributed by atoms with Gasteiger partial charge in [0.1, 0.15) is 17.1 Å². The Morgan fingerprint density at radius 1 is 0.935 bits per heavy atom. The summed E-state index contributed by atoms with van der Waals surface area (Å²) in [5.41, 5.74) is 2.16. The Balaban J connectivity index is 1.53. The number of methoxy groups -OCH3 is 1. The van der Waals surface area contributed by atoms with E-state index >= 15 is 0 Å². The lowest BCUT2D eigenvalue weighted by molar-refractivity contribution is -0.204. The zero-order valence-electron chi connectivity index (χ0n) is 17.5. The molecule has 1 spiro atoms. The predicted molar refractivity (Wildman–Crippen MR) is 114 cm³/mol. The van der Waals surface area contributed by atoms with Crippen LogP contribution in [0.1, 0.15) is 31.4 Å². The van der Waals surface area contributed by atoms with Crippen molar-refractivity contribution in [3.63, 3.8) is 0 Å². The average molecular weight is 422 g/mol. The lowest BCUT2D eigenvalue weighted by Crippen LogP contribution is -2.42. The van der Waals surface area contributed by atoms with Crippen LogP contribution in [0.4, 0.5) is 0 Å². The van der Waals surface area contributed by atoms with Gasteiger partial charge in [-0.15, -0.1) is 0 Å². The monoisotopic (exact) mass is 422 g/mol. The minimum Gasteiger partial charge on any atom is -0.508 e. The second-order valence-corrected chi connectivity index (χ2v) is 8.21. The summed E-state index contributed by atoms with van der Waals surface area (Å²) in [4.78, 5) is 0. The van der Waals surface area contributed by atoms with Crippen LogP contribution in [0.2, 0.25) is 0 Å². The van der Waals surface area contributed by atoms with Crippen LogP contribution >= 0.6 is 0 Å². The smallest absolute Gasteiger partial charge is 0.168 e. The Hall–Kier alpha value is -2.87. The minimum absolute atomic E-state index is 0.201. The summed E-state index contributed by atoms with van der Waals surface area (Å²) in [5, 5.41) is 26.0. The minimum atomic E-state index is -1.05. The van der Waals surface area contributed by atoms with Gasteiger partial charge in [0, 0.05) is 18.4 Å². The van der Waals surface area contributed by atoms with Crippen molar-refractivity contribution in [2.24, 2.45) is 0 Å². The molecule has 2 fully saturated rings. The fraction of sp³-hybridized carbons (Fsp3) is 0.375. The van der Waals surface area contributed by atoms with Gasteiger partial charge in [0.05, 0.1) is 37.4 Å². The standard InChI is InChI=1S/C24H26N2O5/c1-29-20-8-4-18(5-9-20)26-21(17-2-6-19(27)7-3-17)16-22(25-26)23(28)10-12-24(13-11-23)30-14-15-31-24/h2-9,16,27-28H,10-15H2,1H3. The molecule has 1 saturated carbocycles. The molecule has 2 heterocycles. The summed E-state index contributed by atoms with van der Waals surface area (Å²) in [6, 6.07) is 16.5. The van der Waals surface area contributed by atoms with Crippen molar-refractivity contribution in [1.82, 2.24) is 9.78 Å². The molecule has 162 valence electrons. The number of aromatic hydroxyl groups is 1. The number of rotatable bonds is 4. The quantitative estimate of drug-likeness (QED) is 0.666. The van der Waals surface area contributed by atoms with E-state index in [2.05, 4.69) is 0 Å². The van der Waals surface area contributed by atoms with Crippen molar-refractivity contribution in [2.75, 3.05) is 20.3 Å². The highest BCUT2D eigenvalue weighted by atomic mass is 16.7. The SMILES string of the molecule is COc1ccc(-n2nc(C3(O)CCC4(CC3)OCCO4)cc2-c2ccc(O)cc2)cc1. The molecule has 7 nitrogen and oxygen atoms in total. The van der Waals surface area contributed by atoms with Gasteiger partial charge in [-0.1, -0.05) is 0 Å². The van der Waals surface area contributed by atoms with E-state index in [4.69, 9.17) is 19.3 Å². The Bertz CT molecular complexity index is 1040. The van der Waals surface area contributed by atoms with Gasteiger partial charge in [0.25, 0.3) is 0 Å². The molecule has 2 aromatic carbocycles. The van der Waals surface area contributed by atoms with Crippen LogP contribution in [0.3, 0.4) is 0 Å². The lowest BCUT2D eigenvalue weighted by atomic mass is 9.79. The van der Waals surface area contributed by atoms with E-state index in [1.807, 2.05) is 47.1 Å². The van der Waals surface area contributed by atoms with Crippen molar-refractivity contribution in [2.45, 2.75) is 37.1 Å². The van der Waals surface area contributed by atoms with Gasteiger partial charge in [-0.3, -0.25) is 0 Å². The zero-order chi connectivity index (χ0) is 21.5. The van der Waals surface area contributed by atoms with Crippen LogP contribution in [0.5, 0.6) is 11.5 Å². The topological polar surface area (TPSA) is 86.0 Å². The third kappa shape index (κ3) is 3.69. The van der Waals surface area contributed by atoms with Gasteiger partial charge in [-0.25, -0.2) is 4.68 Å². The maximum atomic E-state index is 11.5. The number of phenolic OH excluding ortho intramolecular Hbond substituents is 1. The molecule has 31 heavy (non-hydrogen) atoms. The van der Waals surface area contributed by atoms with Gasteiger partial charge < -0.3 is 24.4 Å². The first-order chi connectivity index (χ1) is 15.0. The molecule has 7 heteroatoms. The molecular formula is C24H26N2O5. The molecule has 1 aliphatic carbocycles. The van der Waals surface area contributed by atoms with Gasteiger partial charge in [-0.2, -0.15) is 5.10 Å². The largest absolute Gasteiger partial charge is 0.508 e. The second-order valence-electron chi connectivity index (χ2n) is 8.21. The number of hydrogen-bond acceptors (Lipinski definition) is 6. The zero-order valence-corrected chi connectivity index (χ0v) is 17.5. The molecular weight excluding hydrogens is 396 g/mol. The van der Waals surface area contributed by atoms with E-state index in [1.165, 1.54) is 0 Å². The van der Waals surface area contributed by atoms with Gasteiger partial charge in [0.15, 0.2) is 5.79 Å². The van der Waals surface area contributed by atoms with Crippen LogP contribution in [-0.4, -0.2) is 46.1 Å². The van der Waals surface area contributed by atoms with Gasteiger partial charge in [-0.05, 0) is 67.4 Å². The van der Waals surface area contributed by atoms with E-state index in [9.17, 15) is 10.2 Å². The fourth-order valence-corrected chi connectivity index (χ4v) is 4.45. The number of hydrogen-bond donors (Lipinski definition) is 2. The summed E-state index contributed by atoms with van der Waals surface area (Å²) < 4.78 is 18.7. The van der Waals surface area contributed by atoms with Crippen LogP contribution in [0, 0.1) is 0 Å². The van der Waals surface area contributed by atoms with E-state index in [-0.39, 0.29) is 5.75 Å². The Morgan fingerprint density at radius 3 is 2.19 bits per heavy atom. The molecule has 1 saturated heterocycles. The summed E-state index contributed by atoms with van der Waals surface area (Å²) in [7, 11) is 1.63. The molecule has 0 unspecified atom stereocenters. The molecule has 1 aliphatic heterocycles. The first-order valence-electron chi connectivity index (χ1n) is 10.6. The number of ether oxygens (including phenoxy) is 3. The molecule has 2 N–H and O–H groups in total. The highest BCUT2D eigenvalue weighted by Crippen LogP contribution is 2.45. The van der Waals surface area contributed by atoms with Crippen molar-refractivity contribution >= 4 is 0 Å². The van der Waals surface area contributed by atoms with Crippen LogP contribution in [0.15, 0.2) is 54.6 Å². The van der Waals surface area contributed by atoms with Crippen molar-refractivity contribution in [3.8, 4) is 28.4 Å². The van der Waals surface area contributed by atoms with Crippen molar-refractivity contribution in [1.29, 1.82) is 0 Å². The second kappa shape index (κ2) is 7.67. The predicted octanol–water partition coefficient (Wildman–Crippen LogP) is 3.76. The third-order valence-electron chi connectivity index (χ3n) is 6.32. The Labute approximate surface area is 180 Å². The van der Waals surface area contributed by atoms with Crippen molar-refractivity contribution in [3.05, 3.63) is 60.3 Å². The summed E-state index contributed by atoms with van der Waals surface area (Å²) >= 11 is 0. The van der Waals surface area contributed by atoms with Crippen LogP contribution in [-0.2, 0) is 15.1 Å². The van der Waals surface area contributed by atoms with Gasteiger partial charge in [0.2, 0.25) is 0 Å². The molecule has 5 rings (SSSR count). The molecule has 0 amide bonds. The Kier molecular flexibility index (Phi) is 4.97. The first-order valence-corrected chi connectivity index (χ1v) is 10.6. The molecule has 2 aliphatic rings. The first kappa shape index (κ1) is 20.1. The highest BCUT2D eigenvalue weighted by molar-refractivity contribution is 5.64. The average Bonchev–Trinajstić information content (AvgIpc) is 3.45. The number of phenols is 1. The van der Waals surface area contributed by atoms with Crippen molar-refractivity contribution < 1.29 is 24.4 Å². The van der Waals surface area contributed by atoms with Crippen LogP contribution in [0.25, 0.3) is 16.9 Å². The van der Waals surface area contributed by atoms with E-state index < -0.39 is 11.4 Å². The van der Waals surface area contributed by atoms with E-state index in [0.29, 0.717) is 44.6 Å². The summed E-state index contributed by atoms with van der Waals surface area (Å²) in [6.45, 7) is 1.21. The molecule has 0 atom stereocenters. The number of aromatic nitrogens is 2. The number of nitrogens with zero attached hydrogens (tertiary/aromatic N) is 2. The molecule has 3 aromatic rings. The lowest BCUT2D eigenvalue weighted by Gasteiger charge is -2.39. The maximum Gasteiger partial charge on any atom is 0.168 e. The molecule has 0 bridgehead atoms. The van der Waals surface area contributed by atoms with E-state index in [0.717, 1.165) is 22.7 Å². The van der Waals surface area contributed by atoms with Gasteiger partial charge >= 0.3 is 0 Å². The molecule has 0 radical (unpaired) electrons. The van der Waals surface area contributed by atoms with E-state index in [1.54, 1.807) is 19.2 Å². The fourth-order valence-electron chi connectivity index (χ4n) is 4.45. The third-order valence-corrected chi connectivity index (χ3v) is 6.32. The number of benzene rings is 2.